The van der Waals surface area contributed by atoms with Gasteiger partial charge in [0.1, 0.15) is 0 Å². The van der Waals surface area contributed by atoms with Crippen LogP contribution in [-0.4, -0.2) is 47.5 Å². The second-order valence-corrected chi connectivity index (χ2v) is 5.54. The summed E-state index contributed by atoms with van der Waals surface area (Å²) < 4.78 is 0. The SMILES string of the molecule is CC(C)(CNC(=O)N1CCCC(C(N)=O)C1)C(=O)O. The van der Waals surface area contributed by atoms with E-state index in [4.69, 9.17) is 10.8 Å². The Morgan fingerprint density at radius 3 is 2.58 bits per heavy atom. The second kappa shape index (κ2) is 5.90. The van der Waals surface area contributed by atoms with E-state index in [2.05, 4.69) is 5.32 Å². The molecule has 0 aliphatic carbocycles. The van der Waals surface area contributed by atoms with E-state index in [9.17, 15) is 14.4 Å². The number of carbonyl (C=O) groups is 3. The van der Waals surface area contributed by atoms with Gasteiger partial charge in [-0.05, 0) is 26.7 Å². The number of nitrogens with two attached hydrogens (primary N) is 1. The Bertz CT molecular complexity index is 381. The summed E-state index contributed by atoms with van der Waals surface area (Å²) in [5.74, 6) is -1.68. The van der Waals surface area contributed by atoms with E-state index >= 15 is 0 Å². The van der Waals surface area contributed by atoms with E-state index in [1.54, 1.807) is 0 Å². The Balaban J connectivity index is 2.50. The number of rotatable bonds is 4. The first-order valence-electron chi connectivity index (χ1n) is 6.29. The van der Waals surface area contributed by atoms with Crippen LogP contribution in [0, 0.1) is 11.3 Å². The van der Waals surface area contributed by atoms with Gasteiger partial charge in [0.25, 0.3) is 0 Å². The van der Waals surface area contributed by atoms with E-state index in [-0.39, 0.29) is 18.5 Å². The fourth-order valence-electron chi connectivity index (χ4n) is 1.88. The Morgan fingerprint density at radius 1 is 1.42 bits per heavy atom. The Morgan fingerprint density at radius 2 is 2.05 bits per heavy atom. The summed E-state index contributed by atoms with van der Waals surface area (Å²) in [5, 5.41) is 11.5. The van der Waals surface area contributed by atoms with E-state index in [1.165, 1.54) is 18.7 Å². The molecule has 7 nitrogen and oxygen atoms in total. The van der Waals surface area contributed by atoms with Crippen molar-refractivity contribution in [1.29, 1.82) is 0 Å². The highest BCUT2D eigenvalue weighted by molar-refractivity contribution is 5.80. The molecule has 0 bridgehead atoms. The lowest BCUT2D eigenvalue weighted by Crippen LogP contribution is -2.50. The maximum Gasteiger partial charge on any atom is 0.317 e. The van der Waals surface area contributed by atoms with Crippen LogP contribution in [0.1, 0.15) is 26.7 Å². The first kappa shape index (κ1) is 15.3. The Hall–Kier alpha value is -1.79. The van der Waals surface area contributed by atoms with Crippen LogP contribution in [0.15, 0.2) is 0 Å². The average molecular weight is 271 g/mol. The number of carboxylic acid groups (broad SMARTS) is 1. The first-order chi connectivity index (χ1) is 8.74. The summed E-state index contributed by atoms with van der Waals surface area (Å²) in [6.45, 7) is 3.98. The number of amides is 3. The molecule has 108 valence electrons. The van der Waals surface area contributed by atoms with E-state index < -0.39 is 17.3 Å². The van der Waals surface area contributed by atoms with Crippen LogP contribution in [0.4, 0.5) is 4.79 Å². The minimum Gasteiger partial charge on any atom is -0.481 e. The highest BCUT2D eigenvalue weighted by atomic mass is 16.4. The summed E-state index contributed by atoms with van der Waals surface area (Å²) in [7, 11) is 0. The fraction of sp³-hybridized carbons (Fsp3) is 0.750. The van der Waals surface area contributed by atoms with Crippen LogP contribution in [0.3, 0.4) is 0 Å². The lowest BCUT2D eigenvalue weighted by molar-refractivity contribution is -0.146. The molecule has 1 heterocycles. The zero-order valence-corrected chi connectivity index (χ0v) is 11.3. The largest absolute Gasteiger partial charge is 0.481 e. The summed E-state index contributed by atoms with van der Waals surface area (Å²) in [4.78, 5) is 35.5. The molecule has 0 radical (unpaired) electrons. The number of nitrogens with one attached hydrogen (secondary N) is 1. The minimum atomic E-state index is -1.02. The van der Waals surface area contributed by atoms with Crippen molar-refractivity contribution >= 4 is 17.9 Å². The Labute approximate surface area is 112 Å². The summed E-state index contributed by atoms with van der Waals surface area (Å²) in [6.07, 6.45) is 1.42. The lowest BCUT2D eigenvalue weighted by atomic mass is 9.94. The fourth-order valence-corrected chi connectivity index (χ4v) is 1.88. The van der Waals surface area contributed by atoms with Crippen molar-refractivity contribution in [2.45, 2.75) is 26.7 Å². The average Bonchev–Trinajstić information content (AvgIpc) is 2.36. The summed E-state index contributed by atoms with van der Waals surface area (Å²) in [6, 6.07) is -0.347. The zero-order valence-electron chi connectivity index (χ0n) is 11.3. The van der Waals surface area contributed by atoms with E-state index in [1.807, 2.05) is 0 Å². The minimum absolute atomic E-state index is 0.0406. The molecular weight excluding hydrogens is 250 g/mol. The quantitative estimate of drug-likeness (QED) is 0.668. The van der Waals surface area contributed by atoms with Gasteiger partial charge in [-0.3, -0.25) is 9.59 Å². The van der Waals surface area contributed by atoms with Crippen LogP contribution in [-0.2, 0) is 9.59 Å². The topological polar surface area (TPSA) is 113 Å². The van der Waals surface area contributed by atoms with Gasteiger partial charge >= 0.3 is 12.0 Å². The van der Waals surface area contributed by atoms with Gasteiger partial charge in [0.2, 0.25) is 5.91 Å². The predicted octanol–water partition coefficient (Wildman–Crippen LogP) is 0.00410. The number of piperidine rings is 1. The molecule has 0 aromatic rings. The third-order valence-corrected chi connectivity index (χ3v) is 3.37. The van der Waals surface area contributed by atoms with E-state index in [0.29, 0.717) is 19.5 Å². The van der Waals surface area contributed by atoms with Crippen molar-refractivity contribution in [2.75, 3.05) is 19.6 Å². The third-order valence-electron chi connectivity index (χ3n) is 3.37. The smallest absolute Gasteiger partial charge is 0.317 e. The normalized spacial score (nSPS) is 19.9. The van der Waals surface area contributed by atoms with Gasteiger partial charge in [-0.15, -0.1) is 0 Å². The van der Waals surface area contributed by atoms with Crippen molar-refractivity contribution in [3.05, 3.63) is 0 Å². The maximum atomic E-state index is 11.9. The second-order valence-electron chi connectivity index (χ2n) is 5.54. The molecule has 19 heavy (non-hydrogen) atoms. The molecule has 1 unspecified atom stereocenters. The highest BCUT2D eigenvalue weighted by Crippen LogP contribution is 2.17. The zero-order chi connectivity index (χ0) is 14.6. The van der Waals surface area contributed by atoms with Crippen molar-refractivity contribution in [1.82, 2.24) is 10.2 Å². The van der Waals surface area contributed by atoms with Crippen LogP contribution >= 0.6 is 0 Å². The number of nitrogens with zero attached hydrogens (tertiary/aromatic N) is 1. The number of carbonyl (C=O) groups excluding carboxylic acids is 2. The molecule has 1 aliphatic heterocycles. The molecule has 7 heteroatoms. The number of hydrogen-bond acceptors (Lipinski definition) is 3. The molecule has 0 saturated carbocycles. The Kier molecular flexibility index (Phi) is 4.74. The standard InChI is InChI=1S/C12H21N3O4/c1-12(2,10(17)18)7-14-11(19)15-5-3-4-8(6-15)9(13)16/h8H,3-7H2,1-2H3,(H2,13,16)(H,14,19)(H,17,18). The van der Waals surface area contributed by atoms with Crippen LogP contribution in [0.25, 0.3) is 0 Å². The van der Waals surface area contributed by atoms with Crippen LogP contribution in [0.5, 0.6) is 0 Å². The molecular formula is C12H21N3O4. The van der Waals surface area contributed by atoms with Gasteiger partial charge in [-0.25, -0.2) is 4.79 Å². The number of aliphatic carboxylic acids is 1. The summed E-state index contributed by atoms with van der Waals surface area (Å²) >= 11 is 0. The third kappa shape index (κ3) is 4.11. The summed E-state index contributed by atoms with van der Waals surface area (Å²) in [5.41, 5.74) is 4.22. The molecule has 1 fully saturated rings. The molecule has 1 atom stereocenters. The molecule has 0 aromatic heterocycles. The van der Waals surface area contributed by atoms with Crippen molar-refractivity contribution in [2.24, 2.45) is 17.1 Å². The van der Waals surface area contributed by atoms with Crippen molar-refractivity contribution < 1.29 is 19.5 Å². The number of primary amides is 1. The number of hydrogen-bond donors (Lipinski definition) is 3. The van der Waals surface area contributed by atoms with Crippen molar-refractivity contribution in [3.63, 3.8) is 0 Å². The first-order valence-corrected chi connectivity index (χ1v) is 6.29. The number of likely N-dealkylation sites (tertiary alicyclic amines) is 1. The molecule has 0 spiro atoms. The van der Waals surface area contributed by atoms with Gasteiger partial charge in [-0.2, -0.15) is 0 Å². The van der Waals surface area contributed by atoms with Crippen molar-refractivity contribution in [3.8, 4) is 0 Å². The molecule has 1 aliphatic rings. The van der Waals surface area contributed by atoms with Crippen LogP contribution in [0.2, 0.25) is 0 Å². The molecule has 1 rings (SSSR count). The lowest BCUT2D eigenvalue weighted by Gasteiger charge is -2.32. The predicted molar refractivity (Wildman–Crippen MR) is 68.3 cm³/mol. The molecule has 3 amide bonds. The molecule has 4 N–H and O–H groups in total. The molecule has 0 aromatic carbocycles. The maximum absolute atomic E-state index is 11.9. The van der Waals surface area contributed by atoms with Crippen LogP contribution < -0.4 is 11.1 Å². The van der Waals surface area contributed by atoms with Gasteiger partial charge < -0.3 is 21.1 Å². The van der Waals surface area contributed by atoms with Gasteiger partial charge in [-0.1, -0.05) is 0 Å². The monoisotopic (exact) mass is 271 g/mol. The van der Waals surface area contributed by atoms with Gasteiger partial charge in [0.05, 0.1) is 11.3 Å². The number of urea groups is 1. The number of carboxylic acids is 1. The van der Waals surface area contributed by atoms with Gasteiger partial charge in [0, 0.05) is 19.6 Å². The molecule has 1 saturated heterocycles. The van der Waals surface area contributed by atoms with Gasteiger partial charge in [0.15, 0.2) is 0 Å². The van der Waals surface area contributed by atoms with E-state index in [0.717, 1.165) is 6.42 Å². The highest BCUT2D eigenvalue weighted by Gasteiger charge is 2.30.